The summed E-state index contributed by atoms with van der Waals surface area (Å²) in [5.41, 5.74) is 1.20. The van der Waals surface area contributed by atoms with Crippen LogP contribution in [-0.2, 0) is 18.9 Å². The van der Waals surface area contributed by atoms with Crippen molar-refractivity contribution in [1.29, 1.82) is 0 Å². The zero-order valence-electron chi connectivity index (χ0n) is 24.6. The Morgan fingerprint density at radius 1 is 0.791 bits per heavy atom. The van der Waals surface area contributed by atoms with Crippen LogP contribution in [0.25, 0.3) is 0 Å². The molecule has 43 heavy (non-hydrogen) atoms. The number of rotatable bonds is 12. The van der Waals surface area contributed by atoms with Gasteiger partial charge in [0.2, 0.25) is 11.5 Å². The summed E-state index contributed by atoms with van der Waals surface area (Å²) in [5.74, 6) is -0.613. The fraction of sp³-hybridized carbons (Fsp3) is 0.586. The second kappa shape index (κ2) is 14.1. The van der Waals surface area contributed by atoms with E-state index in [1.807, 2.05) is 0 Å². The van der Waals surface area contributed by atoms with Gasteiger partial charge < -0.3 is 68.5 Å². The molecule has 240 valence electrons. The van der Waals surface area contributed by atoms with Gasteiger partial charge in [0.1, 0.15) is 24.4 Å². The zero-order valence-corrected chi connectivity index (χ0v) is 24.6. The standard InChI is InChI=1S/C29H40O14/c1-36-17-6-13(7-18(37-2)22(17)31)27(40-5)15-11-41-28(14-8-19(38-3)23(32)20(9-14)39-4)16(15)12-42-29-26(35)25(34)24(33)21(10-30)43-29/h6-9,15-16,21,24-35H,10-12H2,1-5H3/t15-,16+,21-,24-,25+,26-,27-,28+,29-/m1/s1. The van der Waals surface area contributed by atoms with Crippen LogP contribution in [0.5, 0.6) is 34.5 Å². The molecule has 6 N–H and O–H groups in total. The summed E-state index contributed by atoms with van der Waals surface area (Å²) in [4.78, 5) is 0. The quantitative estimate of drug-likeness (QED) is 0.195. The highest BCUT2D eigenvalue weighted by Crippen LogP contribution is 2.50. The molecule has 0 saturated carbocycles. The van der Waals surface area contributed by atoms with Crippen molar-refractivity contribution in [1.82, 2.24) is 0 Å². The minimum atomic E-state index is -1.61. The summed E-state index contributed by atoms with van der Waals surface area (Å²) in [6, 6.07) is 6.48. The SMILES string of the molecule is COc1cc([C@@H](OC)[C@@H]2CO[C@@H](c3cc(OC)c(O)c(OC)c3)[C@H]2CO[C@@H]2O[C@H](CO)[C@@H](O)[C@H](O)[C@H]2O)cc(OC)c1O. The fourth-order valence-electron chi connectivity index (χ4n) is 5.68. The summed E-state index contributed by atoms with van der Waals surface area (Å²) >= 11 is 0. The number of phenols is 2. The number of aliphatic hydroxyl groups excluding tert-OH is 4. The molecule has 0 aliphatic carbocycles. The van der Waals surface area contributed by atoms with Crippen molar-refractivity contribution in [3.8, 4) is 34.5 Å². The molecule has 0 unspecified atom stereocenters. The van der Waals surface area contributed by atoms with Crippen LogP contribution < -0.4 is 18.9 Å². The Kier molecular flexibility index (Phi) is 10.8. The first-order chi connectivity index (χ1) is 20.6. The molecule has 0 bridgehead atoms. The highest BCUT2D eigenvalue weighted by atomic mass is 16.7. The number of aromatic hydroxyl groups is 2. The van der Waals surface area contributed by atoms with E-state index in [-0.39, 0.29) is 47.7 Å². The van der Waals surface area contributed by atoms with Crippen LogP contribution in [0.3, 0.4) is 0 Å². The van der Waals surface area contributed by atoms with Crippen LogP contribution in [0.2, 0.25) is 0 Å². The number of hydrogen-bond donors (Lipinski definition) is 6. The van der Waals surface area contributed by atoms with Crippen molar-refractivity contribution in [3.63, 3.8) is 0 Å². The van der Waals surface area contributed by atoms with E-state index < -0.39 is 61.4 Å². The molecule has 0 aromatic heterocycles. The van der Waals surface area contributed by atoms with Gasteiger partial charge in [-0.25, -0.2) is 0 Å². The first-order valence-electron chi connectivity index (χ1n) is 13.6. The molecule has 0 radical (unpaired) electrons. The highest BCUT2D eigenvalue weighted by molar-refractivity contribution is 5.54. The second-order valence-corrected chi connectivity index (χ2v) is 10.3. The molecule has 2 aliphatic rings. The van der Waals surface area contributed by atoms with Gasteiger partial charge in [0.05, 0.1) is 60.5 Å². The average Bonchev–Trinajstić information content (AvgIpc) is 3.43. The van der Waals surface area contributed by atoms with E-state index in [1.54, 1.807) is 24.3 Å². The molecule has 2 saturated heterocycles. The monoisotopic (exact) mass is 612 g/mol. The molecule has 0 spiro atoms. The fourth-order valence-corrected chi connectivity index (χ4v) is 5.68. The molecule has 2 heterocycles. The number of methoxy groups -OCH3 is 5. The van der Waals surface area contributed by atoms with Crippen LogP contribution in [0, 0.1) is 11.8 Å². The first-order valence-corrected chi connectivity index (χ1v) is 13.6. The van der Waals surface area contributed by atoms with Gasteiger partial charge in [-0.1, -0.05) is 0 Å². The Balaban J connectivity index is 1.72. The van der Waals surface area contributed by atoms with Crippen molar-refractivity contribution in [2.75, 3.05) is 55.4 Å². The van der Waals surface area contributed by atoms with Crippen LogP contribution in [-0.4, -0.2) is 117 Å². The van der Waals surface area contributed by atoms with E-state index in [2.05, 4.69) is 0 Å². The van der Waals surface area contributed by atoms with Crippen LogP contribution in [0.15, 0.2) is 24.3 Å². The van der Waals surface area contributed by atoms with Gasteiger partial charge in [0.25, 0.3) is 0 Å². The Labute approximate surface area is 248 Å². The Bertz CT molecular complexity index is 1170. The van der Waals surface area contributed by atoms with Gasteiger partial charge in [-0.2, -0.15) is 0 Å². The maximum Gasteiger partial charge on any atom is 0.200 e. The minimum Gasteiger partial charge on any atom is -0.502 e. The third kappa shape index (κ3) is 6.42. The lowest BCUT2D eigenvalue weighted by Gasteiger charge is -2.40. The topological polar surface area (TPSA) is 195 Å². The Morgan fingerprint density at radius 2 is 1.33 bits per heavy atom. The largest absolute Gasteiger partial charge is 0.502 e. The average molecular weight is 613 g/mol. The van der Waals surface area contributed by atoms with E-state index in [1.165, 1.54) is 35.5 Å². The Hall–Kier alpha value is -3.08. The predicted octanol–water partition coefficient (Wildman–Crippen LogP) is 0.640. The van der Waals surface area contributed by atoms with Crippen molar-refractivity contribution >= 4 is 0 Å². The lowest BCUT2D eigenvalue weighted by atomic mass is 9.82. The molecule has 4 rings (SSSR count). The van der Waals surface area contributed by atoms with Gasteiger partial charge in [-0.3, -0.25) is 0 Å². The number of benzene rings is 2. The minimum absolute atomic E-state index is 0.101. The van der Waals surface area contributed by atoms with Crippen molar-refractivity contribution < 1.29 is 68.5 Å². The molecule has 2 aliphatic heterocycles. The molecule has 2 aromatic carbocycles. The predicted molar refractivity (Wildman–Crippen MR) is 148 cm³/mol. The van der Waals surface area contributed by atoms with Crippen molar-refractivity contribution in [2.45, 2.75) is 42.9 Å². The molecule has 2 aromatic rings. The smallest absolute Gasteiger partial charge is 0.200 e. The lowest BCUT2D eigenvalue weighted by Crippen LogP contribution is -2.59. The summed E-state index contributed by atoms with van der Waals surface area (Å²) in [5, 5.41) is 61.6. The normalized spacial score (nSPS) is 29.7. The van der Waals surface area contributed by atoms with E-state index in [4.69, 9.17) is 37.9 Å². The zero-order chi connectivity index (χ0) is 31.4. The summed E-state index contributed by atoms with van der Waals surface area (Å²) in [7, 11) is 7.16. The van der Waals surface area contributed by atoms with Gasteiger partial charge in [-0.15, -0.1) is 0 Å². The molecular weight excluding hydrogens is 572 g/mol. The van der Waals surface area contributed by atoms with Crippen LogP contribution in [0.1, 0.15) is 23.3 Å². The van der Waals surface area contributed by atoms with E-state index >= 15 is 0 Å². The van der Waals surface area contributed by atoms with Gasteiger partial charge in [0.15, 0.2) is 29.3 Å². The van der Waals surface area contributed by atoms with Crippen molar-refractivity contribution in [3.05, 3.63) is 35.4 Å². The second-order valence-electron chi connectivity index (χ2n) is 10.3. The molecule has 0 amide bonds. The first kappa shape index (κ1) is 32.8. The molecule has 2 fully saturated rings. The van der Waals surface area contributed by atoms with Crippen LogP contribution >= 0.6 is 0 Å². The van der Waals surface area contributed by atoms with Gasteiger partial charge >= 0.3 is 0 Å². The van der Waals surface area contributed by atoms with Gasteiger partial charge in [-0.05, 0) is 35.4 Å². The molecule has 9 atom stereocenters. The highest BCUT2D eigenvalue weighted by Gasteiger charge is 2.47. The summed E-state index contributed by atoms with van der Waals surface area (Å²) < 4.78 is 45.2. The number of hydrogen-bond acceptors (Lipinski definition) is 14. The third-order valence-corrected chi connectivity index (χ3v) is 8.01. The number of aliphatic hydroxyl groups is 4. The maximum atomic E-state index is 10.6. The van der Waals surface area contributed by atoms with E-state index in [0.717, 1.165) is 0 Å². The molecule has 14 nitrogen and oxygen atoms in total. The summed E-state index contributed by atoms with van der Waals surface area (Å²) in [6.45, 7) is -0.537. The third-order valence-electron chi connectivity index (χ3n) is 8.01. The van der Waals surface area contributed by atoms with Crippen LogP contribution in [0.4, 0.5) is 0 Å². The van der Waals surface area contributed by atoms with Gasteiger partial charge in [0, 0.05) is 18.9 Å². The van der Waals surface area contributed by atoms with E-state index in [9.17, 15) is 30.6 Å². The number of phenolic OH excluding ortho intramolecular Hbond substituents is 2. The Morgan fingerprint density at radius 3 is 1.81 bits per heavy atom. The lowest BCUT2D eigenvalue weighted by molar-refractivity contribution is -0.304. The maximum absolute atomic E-state index is 10.6. The van der Waals surface area contributed by atoms with E-state index in [0.29, 0.717) is 11.1 Å². The number of ether oxygens (including phenoxy) is 8. The molecule has 14 heteroatoms. The summed E-state index contributed by atoms with van der Waals surface area (Å²) in [6.07, 6.45) is -8.59. The molecular formula is C29H40O14. The van der Waals surface area contributed by atoms with Crippen molar-refractivity contribution in [2.24, 2.45) is 11.8 Å².